The number of rotatable bonds is 11. The van der Waals surface area contributed by atoms with Crippen LogP contribution in [0.3, 0.4) is 0 Å². The van der Waals surface area contributed by atoms with Gasteiger partial charge in [0.1, 0.15) is 6.04 Å². The van der Waals surface area contributed by atoms with Crippen molar-refractivity contribution in [2.24, 2.45) is 5.73 Å². The number of carboxylic acid groups (broad SMARTS) is 2. The molecule has 1 rings (SSSR count). The Hall–Kier alpha value is -2.41. The maximum absolute atomic E-state index is 12.6. The van der Waals surface area contributed by atoms with Crippen molar-refractivity contribution in [2.45, 2.75) is 51.1 Å². The minimum atomic E-state index is -1.25. The Labute approximate surface area is 147 Å². The molecule has 0 bridgehead atoms. The summed E-state index contributed by atoms with van der Waals surface area (Å²) < 4.78 is 0. The number of nitrogens with zero attached hydrogens (tertiary/aromatic N) is 1. The molecule has 0 aromatic heterocycles. The molecule has 0 saturated heterocycles. The fraction of sp³-hybridized carbons (Fsp3) is 0.500. The number of unbranched alkanes of at least 4 members (excludes halogenated alkanes) is 2. The molecule has 0 radical (unpaired) electrons. The Balaban J connectivity index is 3.00. The highest BCUT2D eigenvalue weighted by molar-refractivity contribution is 5.89. The van der Waals surface area contributed by atoms with Crippen LogP contribution in [0.15, 0.2) is 30.3 Å². The van der Waals surface area contributed by atoms with Gasteiger partial charge in [-0.2, -0.15) is 0 Å². The Morgan fingerprint density at radius 3 is 2.28 bits per heavy atom. The zero-order valence-electron chi connectivity index (χ0n) is 14.4. The van der Waals surface area contributed by atoms with Gasteiger partial charge in [0.15, 0.2) is 0 Å². The lowest BCUT2D eigenvalue weighted by Gasteiger charge is -2.31. The Kier molecular flexibility index (Phi) is 8.63. The van der Waals surface area contributed by atoms with E-state index >= 15 is 0 Å². The van der Waals surface area contributed by atoms with Crippen LogP contribution in [0.4, 0.5) is 0 Å². The van der Waals surface area contributed by atoms with Gasteiger partial charge in [-0.25, -0.2) is 4.79 Å². The average molecular weight is 350 g/mol. The molecule has 0 aliphatic rings. The fourth-order valence-electron chi connectivity index (χ4n) is 2.61. The molecule has 0 aliphatic carbocycles. The molecule has 0 unspecified atom stereocenters. The molecular formula is C18H26N2O5. The lowest BCUT2D eigenvalue weighted by atomic mass is 10.0. The molecule has 1 amide bonds. The first-order valence-corrected chi connectivity index (χ1v) is 8.41. The first kappa shape index (κ1) is 20.6. The average Bonchev–Trinajstić information content (AvgIpc) is 2.56. The van der Waals surface area contributed by atoms with E-state index < -0.39 is 36.4 Å². The highest BCUT2D eigenvalue weighted by Crippen LogP contribution is 2.14. The van der Waals surface area contributed by atoms with Crippen LogP contribution < -0.4 is 5.73 Å². The lowest BCUT2D eigenvalue weighted by Crippen LogP contribution is -2.53. The van der Waals surface area contributed by atoms with Crippen LogP contribution in [0.25, 0.3) is 0 Å². The molecule has 25 heavy (non-hydrogen) atoms. The van der Waals surface area contributed by atoms with Gasteiger partial charge in [-0.3, -0.25) is 9.59 Å². The van der Waals surface area contributed by atoms with Gasteiger partial charge >= 0.3 is 11.9 Å². The second kappa shape index (κ2) is 10.5. The van der Waals surface area contributed by atoms with Gasteiger partial charge in [-0.05, 0) is 12.0 Å². The SMILES string of the molecule is CCCCCN(C(=O)[C@@H](N)CC(=O)O)[C@@H](Cc1ccccc1)C(=O)O. The smallest absolute Gasteiger partial charge is 0.326 e. The number of nitrogens with two attached hydrogens (primary N) is 1. The van der Waals surface area contributed by atoms with Crippen LogP contribution in [0.2, 0.25) is 0 Å². The van der Waals surface area contributed by atoms with Crippen molar-refractivity contribution >= 4 is 17.8 Å². The molecule has 1 aromatic rings. The molecule has 1 aromatic carbocycles. The van der Waals surface area contributed by atoms with Crippen LogP contribution in [0, 0.1) is 0 Å². The largest absolute Gasteiger partial charge is 0.481 e. The van der Waals surface area contributed by atoms with E-state index in [1.807, 2.05) is 13.0 Å². The van der Waals surface area contributed by atoms with E-state index in [4.69, 9.17) is 10.8 Å². The summed E-state index contributed by atoms with van der Waals surface area (Å²) in [5.41, 5.74) is 6.48. The van der Waals surface area contributed by atoms with Crippen LogP contribution in [0.1, 0.15) is 38.2 Å². The lowest BCUT2D eigenvalue weighted by molar-refractivity contribution is -0.151. The van der Waals surface area contributed by atoms with Gasteiger partial charge in [0.25, 0.3) is 0 Å². The predicted octanol–water partition coefficient (Wildman–Crippen LogP) is 1.50. The number of aliphatic carboxylic acids is 2. The van der Waals surface area contributed by atoms with E-state index in [9.17, 15) is 19.5 Å². The topological polar surface area (TPSA) is 121 Å². The minimum Gasteiger partial charge on any atom is -0.481 e. The molecule has 0 fully saturated rings. The van der Waals surface area contributed by atoms with Gasteiger partial charge in [0, 0.05) is 13.0 Å². The summed E-state index contributed by atoms with van der Waals surface area (Å²) >= 11 is 0. The minimum absolute atomic E-state index is 0.147. The van der Waals surface area contributed by atoms with Gasteiger partial charge < -0.3 is 20.8 Å². The molecule has 2 atom stereocenters. The van der Waals surface area contributed by atoms with Gasteiger partial charge in [0.2, 0.25) is 5.91 Å². The molecule has 0 heterocycles. The molecule has 7 heteroatoms. The fourth-order valence-corrected chi connectivity index (χ4v) is 2.61. The summed E-state index contributed by atoms with van der Waals surface area (Å²) in [5.74, 6) is -2.96. The molecular weight excluding hydrogens is 324 g/mol. The van der Waals surface area contributed by atoms with Crippen molar-refractivity contribution in [3.63, 3.8) is 0 Å². The maximum atomic E-state index is 12.6. The third-order valence-corrected chi connectivity index (χ3v) is 3.93. The number of hydrogen-bond acceptors (Lipinski definition) is 4. The van der Waals surface area contributed by atoms with Gasteiger partial charge in [-0.15, -0.1) is 0 Å². The number of amides is 1. The Bertz CT molecular complexity index is 576. The number of benzene rings is 1. The summed E-state index contributed by atoms with van der Waals surface area (Å²) in [4.78, 5) is 36.4. The van der Waals surface area contributed by atoms with Crippen LogP contribution in [-0.2, 0) is 20.8 Å². The first-order valence-electron chi connectivity index (χ1n) is 8.41. The van der Waals surface area contributed by atoms with Crippen molar-refractivity contribution in [1.82, 2.24) is 4.90 Å². The highest BCUT2D eigenvalue weighted by atomic mass is 16.4. The Morgan fingerprint density at radius 1 is 1.12 bits per heavy atom. The summed E-state index contributed by atoms with van der Waals surface area (Å²) in [6.07, 6.45) is 2.02. The van der Waals surface area contributed by atoms with Crippen molar-refractivity contribution < 1.29 is 24.6 Å². The van der Waals surface area contributed by atoms with Crippen molar-refractivity contribution in [3.05, 3.63) is 35.9 Å². The third kappa shape index (κ3) is 6.93. The quantitative estimate of drug-likeness (QED) is 0.520. The number of carbonyl (C=O) groups is 3. The molecule has 138 valence electrons. The molecule has 4 N–H and O–H groups in total. The van der Waals surface area contributed by atoms with Crippen molar-refractivity contribution in [1.29, 1.82) is 0 Å². The number of hydrogen-bond donors (Lipinski definition) is 3. The zero-order valence-corrected chi connectivity index (χ0v) is 14.4. The standard InChI is InChI=1S/C18H26N2O5/c1-2-3-7-10-20(17(23)14(19)12-16(21)22)15(18(24)25)11-13-8-5-4-6-9-13/h4-6,8-9,14-15H,2-3,7,10-12,19H2,1H3,(H,21,22)(H,24,25)/t14-,15-/m0/s1. The summed E-state index contributed by atoms with van der Waals surface area (Å²) in [6, 6.07) is 6.68. The van der Waals surface area contributed by atoms with Gasteiger partial charge in [-0.1, -0.05) is 50.1 Å². The Morgan fingerprint density at radius 2 is 1.76 bits per heavy atom. The summed E-state index contributed by atoms with van der Waals surface area (Å²) in [7, 11) is 0. The predicted molar refractivity (Wildman–Crippen MR) is 93.0 cm³/mol. The van der Waals surface area contributed by atoms with E-state index in [0.29, 0.717) is 6.42 Å². The molecule has 0 aliphatic heterocycles. The third-order valence-electron chi connectivity index (χ3n) is 3.93. The zero-order chi connectivity index (χ0) is 18.8. The molecule has 0 spiro atoms. The van der Waals surface area contributed by atoms with Gasteiger partial charge in [0.05, 0.1) is 12.5 Å². The monoisotopic (exact) mass is 350 g/mol. The second-order valence-electron chi connectivity index (χ2n) is 5.99. The van der Waals surface area contributed by atoms with Crippen LogP contribution >= 0.6 is 0 Å². The van der Waals surface area contributed by atoms with E-state index in [-0.39, 0.29) is 13.0 Å². The first-order chi connectivity index (χ1) is 11.9. The van der Waals surface area contributed by atoms with Crippen molar-refractivity contribution in [2.75, 3.05) is 6.54 Å². The summed E-state index contributed by atoms with van der Waals surface area (Å²) in [5, 5.41) is 18.5. The second-order valence-corrected chi connectivity index (χ2v) is 5.99. The maximum Gasteiger partial charge on any atom is 0.326 e. The van der Waals surface area contributed by atoms with E-state index in [1.165, 1.54) is 4.90 Å². The molecule has 0 saturated carbocycles. The van der Waals surface area contributed by atoms with E-state index in [0.717, 1.165) is 18.4 Å². The van der Waals surface area contributed by atoms with Crippen LogP contribution in [-0.4, -0.2) is 51.6 Å². The highest BCUT2D eigenvalue weighted by Gasteiger charge is 2.33. The normalized spacial score (nSPS) is 13.0. The van der Waals surface area contributed by atoms with E-state index in [1.54, 1.807) is 24.3 Å². The van der Waals surface area contributed by atoms with Crippen molar-refractivity contribution in [3.8, 4) is 0 Å². The number of carboxylic acids is 2. The number of carbonyl (C=O) groups excluding carboxylic acids is 1. The molecule has 7 nitrogen and oxygen atoms in total. The van der Waals surface area contributed by atoms with Crippen LogP contribution in [0.5, 0.6) is 0 Å². The summed E-state index contributed by atoms with van der Waals surface area (Å²) in [6.45, 7) is 2.24. The van der Waals surface area contributed by atoms with E-state index in [2.05, 4.69) is 0 Å².